The molecule has 1 aliphatic rings. The highest BCUT2D eigenvalue weighted by Gasteiger charge is 2.08. The second kappa shape index (κ2) is 7.21. The van der Waals surface area contributed by atoms with Crippen molar-refractivity contribution in [1.82, 2.24) is 4.90 Å². The van der Waals surface area contributed by atoms with E-state index >= 15 is 0 Å². The molecule has 0 saturated carbocycles. The number of hydrogen-bond donors (Lipinski definition) is 1. The Bertz CT molecular complexity index is 133. The zero-order valence-corrected chi connectivity index (χ0v) is 9.37. The molecule has 0 aliphatic carbocycles. The van der Waals surface area contributed by atoms with Crippen LogP contribution in [0, 0.1) is 5.92 Å². The molecule has 0 radical (unpaired) electrons. The monoisotopic (exact) mass is 200 g/mol. The van der Waals surface area contributed by atoms with Crippen LogP contribution >= 0.6 is 0 Å². The van der Waals surface area contributed by atoms with Gasteiger partial charge in [0.2, 0.25) is 0 Å². The van der Waals surface area contributed by atoms with Gasteiger partial charge in [-0.05, 0) is 38.3 Å². The molecule has 1 saturated heterocycles. The lowest BCUT2D eigenvalue weighted by molar-refractivity contribution is 0.141. The molecule has 0 amide bonds. The normalized spacial score (nSPS) is 21.9. The Kier molecular flexibility index (Phi) is 6.15. The predicted octanol–water partition coefficient (Wildman–Crippen LogP) is 1.08. The van der Waals surface area contributed by atoms with Gasteiger partial charge in [0.05, 0.1) is 6.61 Å². The van der Waals surface area contributed by atoms with Crippen molar-refractivity contribution < 1.29 is 4.74 Å². The standard InChI is InChI=1S/C11H24N2O/c1-11(10-12)4-2-5-13-6-3-8-14-9-7-13/h11H,2-10,12H2,1H3. The molecule has 3 heteroatoms. The average molecular weight is 200 g/mol. The minimum absolute atomic E-state index is 0.679. The predicted molar refractivity (Wildman–Crippen MR) is 59.3 cm³/mol. The van der Waals surface area contributed by atoms with E-state index < -0.39 is 0 Å². The van der Waals surface area contributed by atoms with Crippen LogP contribution in [0.3, 0.4) is 0 Å². The van der Waals surface area contributed by atoms with E-state index in [0.29, 0.717) is 5.92 Å². The molecular weight excluding hydrogens is 176 g/mol. The highest BCUT2D eigenvalue weighted by molar-refractivity contribution is 4.62. The zero-order chi connectivity index (χ0) is 10.2. The Balaban J connectivity index is 2.04. The molecule has 1 fully saturated rings. The molecule has 1 atom stereocenters. The van der Waals surface area contributed by atoms with Crippen LogP contribution in [0.25, 0.3) is 0 Å². The van der Waals surface area contributed by atoms with E-state index in [0.717, 1.165) is 26.3 Å². The van der Waals surface area contributed by atoms with Gasteiger partial charge < -0.3 is 15.4 Å². The van der Waals surface area contributed by atoms with Gasteiger partial charge in [0.15, 0.2) is 0 Å². The van der Waals surface area contributed by atoms with E-state index in [-0.39, 0.29) is 0 Å². The second-order valence-corrected chi connectivity index (χ2v) is 4.29. The van der Waals surface area contributed by atoms with Crippen molar-refractivity contribution in [1.29, 1.82) is 0 Å². The smallest absolute Gasteiger partial charge is 0.0593 e. The van der Waals surface area contributed by atoms with Gasteiger partial charge in [-0.15, -0.1) is 0 Å². The van der Waals surface area contributed by atoms with E-state index in [4.69, 9.17) is 10.5 Å². The summed E-state index contributed by atoms with van der Waals surface area (Å²) in [5, 5.41) is 0. The summed E-state index contributed by atoms with van der Waals surface area (Å²) in [5.74, 6) is 0.679. The highest BCUT2D eigenvalue weighted by Crippen LogP contribution is 2.06. The number of rotatable bonds is 5. The molecule has 0 spiro atoms. The third-order valence-corrected chi connectivity index (χ3v) is 2.89. The van der Waals surface area contributed by atoms with Gasteiger partial charge in [0, 0.05) is 19.7 Å². The lowest BCUT2D eigenvalue weighted by Crippen LogP contribution is -2.28. The van der Waals surface area contributed by atoms with Crippen LogP contribution in [-0.2, 0) is 4.74 Å². The molecule has 1 aliphatic heterocycles. The molecule has 0 aromatic heterocycles. The molecule has 84 valence electrons. The molecular formula is C11H24N2O. The molecule has 1 heterocycles. The van der Waals surface area contributed by atoms with Crippen molar-refractivity contribution >= 4 is 0 Å². The third kappa shape index (κ3) is 4.94. The third-order valence-electron chi connectivity index (χ3n) is 2.89. The van der Waals surface area contributed by atoms with Gasteiger partial charge in [0.25, 0.3) is 0 Å². The maximum absolute atomic E-state index is 5.58. The molecule has 0 aromatic rings. The lowest BCUT2D eigenvalue weighted by atomic mass is 10.1. The molecule has 1 rings (SSSR count). The van der Waals surface area contributed by atoms with E-state index in [1.165, 1.54) is 32.4 Å². The summed E-state index contributed by atoms with van der Waals surface area (Å²) in [6, 6.07) is 0. The quantitative estimate of drug-likeness (QED) is 0.722. The molecule has 1 unspecified atom stereocenters. The molecule has 14 heavy (non-hydrogen) atoms. The largest absolute Gasteiger partial charge is 0.380 e. The van der Waals surface area contributed by atoms with Crippen molar-refractivity contribution in [2.24, 2.45) is 11.7 Å². The maximum Gasteiger partial charge on any atom is 0.0593 e. The van der Waals surface area contributed by atoms with Crippen LogP contribution in [0.1, 0.15) is 26.2 Å². The van der Waals surface area contributed by atoms with Gasteiger partial charge in [-0.1, -0.05) is 6.92 Å². The van der Waals surface area contributed by atoms with Crippen LogP contribution in [0.15, 0.2) is 0 Å². The Morgan fingerprint density at radius 2 is 2.21 bits per heavy atom. The summed E-state index contributed by atoms with van der Waals surface area (Å²) in [5.41, 5.74) is 5.58. The van der Waals surface area contributed by atoms with Crippen molar-refractivity contribution in [3.8, 4) is 0 Å². The minimum Gasteiger partial charge on any atom is -0.380 e. The van der Waals surface area contributed by atoms with Crippen LogP contribution in [0.2, 0.25) is 0 Å². The van der Waals surface area contributed by atoms with Crippen molar-refractivity contribution in [2.75, 3.05) is 39.4 Å². The minimum atomic E-state index is 0.679. The van der Waals surface area contributed by atoms with Crippen molar-refractivity contribution in [3.63, 3.8) is 0 Å². The number of nitrogens with zero attached hydrogens (tertiary/aromatic N) is 1. The Morgan fingerprint density at radius 1 is 1.36 bits per heavy atom. The van der Waals surface area contributed by atoms with Gasteiger partial charge in [-0.25, -0.2) is 0 Å². The van der Waals surface area contributed by atoms with E-state index in [1.807, 2.05) is 0 Å². The first-order valence-corrected chi connectivity index (χ1v) is 5.83. The SMILES string of the molecule is CC(CN)CCCN1CCCOCC1. The molecule has 0 bridgehead atoms. The van der Waals surface area contributed by atoms with E-state index in [1.54, 1.807) is 0 Å². The Morgan fingerprint density at radius 3 is 3.00 bits per heavy atom. The molecule has 0 aromatic carbocycles. The van der Waals surface area contributed by atoms with Crippen LogP contribution < -0.4 is 5.73 Å². The van der Waals surface area contributed by atoms with E-state index in [2.05, 4.69) is 11.8 Å². The first kappa shape index (κ1) is 12.0. The highest BCUT2D eigenvalue weighted by atomic mass is 16.5. The van der Waals surface area contributed by atoms with E-state index in [9.17, 15) is 0 Å². The first-order chi connectivity index (χ1) is 6.83. The summed E-state index contributed by atoms with van der Waals surface area (Å²) >= 11 is 0. The number of nitrogens with two attached hydrogens (primary N) is 1. The fourth-order valence-electron chi connectivity index (χ4n) is 1.80. The summed E-state index contributed by atoms with van der Waals surface area (Å²) in [7, 11) is 0. The lowest BCUT2D eigenvalue weighted by Gasteiger charge is -2.19. The fraction of sp³-hybridized carbons (Fsp3) is 1.00. The first-order valence-electron chi connectivity index (χ1n) is 5.83. The fourth-order valence-corrected chi connectivity index (χ4v) is 1.80. The summed E-state index contributed by atoms with van der Waals surface area (Å²) < 4.78 is 5.41. The molecule has 3 nitrogen and oxygen atoms in total. The Hall–Kier alpha value is -0.120. The average Bonchev–Trinajstić information content (AvgIpc) is 2.46. The maximum atomic E-state index is 5.58. The Labute approximate surface area is 87.6 Å². The van der Waals surface area contributed by atoms with Gasteiger partial charge >= 0.3 is 0 Å². The second-order valence-electron chi connectivity index (χ2n) is 4.29. The van der Waals surface area contributed by atoms with Crippen LogP contribution in [0.4, 0.5) is 0 Å². The van der Waals surface area contributed by atoms with Crippen LogP contribution in [-0.4, -0.2) is 44.3 Å². The van der Waals surface area contributed by atoms with Gasteiger partial charge in [-0.3, -0.25) is 0 Å². The number of hydrogen-bond acceptors (Lipinski definition) is 3. The van der Waals surface area contributed by atoms with Gasteiger partial charge in [-0.2, -0.15) is 0 Å². The summed E-state index contributed by atoms with van der Waals surface area (Å²) in [6.07, 6.45) is 3.72. The summed E-state index contributed by atoms with van der Waals surface area (Å²) in [4.78, 5) is 2.51. The zero-order valence-electron chi connectivity index (χ0n) is 9.37. The van der Waals surface area contributed by atoms with Crippen molar-refractivity contribution in [3.05, 3.63) is 0 Å². The van der Waals surface area contributed by atoms with Crippen LogP contribution in [0.5, 0.6) is 0 Å². The summed E-state index contributed by atoms with van der Waals surface area (Å²) in [6.45, 7) is 8.43. The molecule has 2 N–H and O–H groups in total. The van der Waals surface area contributed by atoms with Gasteiger partial charge in [0.1, 0.15) is 0 Å². The topological polar surface area (TPSA) is 38.5 Å². The van der Waals surface area contributed by atoms with Crippen molar-refractivity contribution in [2.45, 2.75) is 26.2 Å². The number of ether oxygens (including phenoxy) is 1.